The zero-order chi connectivity index (χ0) is 15.4. The van der Waals surface area contributed by atoms with Gasteiger partial charge < -0.3 is 10.6 Å². The quantitative estimate of drug-likeness (QED) is 0.904. The first-order chi connectivity index (χ1) is 10.0. The van der Waals surface area contributed by atoms with E-state index in [0.717, 1.165) is 25.9 Å². The lowest BCUT2D eigenvalue weighted by Gasteiger charge is -2.38. The topological polar surface area (TPSA) is 32.5 Å². The summed E-state index contributed by atoms with van der Waals surface area (Å²) in [5.41, 5.74) is 10.2. The molecule has 21 heavy (non-hydrogen) atoms. The minimum Gasteiger partial charge on any atom is -0.369 e. The molecule has 1 aromatic carbocycles. The highest BCUT2D eigenvalue weighted by Gasteiger charge is 2.20. The Morgan fingerprint density at radius 2 is 1.81 bits per heavy atom. The van der Waals surface area contributed by atoms with Crippen molar-refractivity contribution in [2.75, 3.05) is 31.1 Å². The summed E-state index contributed by atoms with van der Waals surface area (Å²) in [5.74, 6) is 0. The van der Waals surface area contributed by atoms with Crippen LogP contribution in [0.5, 0.6) is 0 Å². The largest absolute Gasteiger partial charge is 0.369 e. The van der Waals surface area contributed by atoms with Gasteiger partial charge in [0, 0.05) is 44.0 Å². The number of hydrogen-bond acceptors (Lipinski definition) is 3. The molecule has 0 spiro atoms. The Hall–Kier alpha value is -1.06. The summed E-state index contributed by atoms with van der Waals surface area (Å²) in [5, 5.41) is 0. The van der Waals surface area contributed by atoms with Crippen molar-refractivity contribution in [3.63, 3.8) is 0 Å². The highest BCUT2D eigenvalue weighted by molar-refractivity contribution is 5.55. The maximum atomic E-state index is 6.06. The van der Waals surface area contributed by atoms with Crippen molar-refractivity contribution in [3.8, 4) is 0 Å². The second kappa shape index (κ2) is 7.28. The van der Waals surface area contributed by atoms with Gasteiger partial charge in [-0.05, 0) is 50.8 Å². The van der Waals surface area contributed by atoms with Crippen LogP contribution < -0.4 is 10.6 Å². The van der Waals surface area contributed by atoms with Crippen LogP contribution in [-0.2, 0) is 6.42 Å². The molecule has 1 aliphatic rings. The lowest BCUT2D eigenvalue weighted by Crippen LogP contribution is -2.49. The predicted octanol–water partition coefficient (Wildman–Crippen LogP) is 2.81. The van der Waals surface area contributed by atoms with Crippen LogP contribution in [0.25, 0.3) is 0 Å². The van der Waals surface area contributed by atoms with Crippen LogP contribution in [0.1, 0.15) is 38.3 Å². The van der Waals surface area contributed by atoms with Gasteiger partial charge in [0.05, 0.1) is 0 Å². The van der Waals surface area contributed by atoms with E-state index in [0.29, 0.717) is 6.04 Å². The first-order valence-corrected chi connectivity index (χ1v) is 8.35. The van der Waals surface area contributed by atoms with Crippen LogP contribution in [0.4, 0.5) is 5.69 Å². The van der Waals surface area contributed by atoms with Crippen LogP contribution in [0.15, 0.2) is 18.2 Å². The van der Waals surface area contributed by atoms with E-state index >= 15 is 0 Å². The number of benzene rings is 1. The standard InChI is InChI=1S/C18H31N3/c1-5-17(19)13-16-6-7-18(15(4)12-16)21-10-8-20(9-11-21)14(2)3/h6-7,12,14,17H,5,8-11,13,19H2,1-4H3. The average molecular weight is 289 g/mol. The molecule has 0 saturated carbocycles. The molecule has 3 heteroatoms. The molecule has 2 rings (SSSR count). The van der Waals surface area contributed by atoms with E-state index in [9.17, 15) is 0 Å². The highest BCUT2D eigenvalue weighted by Crippen LogP contribution is 2.23. The van der Waals surface area contributed by atoms with E-state index in [1.165, 1.54) is 29.9 Å². The molecule has 3 nitrogen and oxygen atoms in total. The molecular weight excluding hydrogens is 258 g/mol. The molecule has 1 heterocycles. The first kappa shape index (κ1) is 16.3. The van der Waals surface area contributed by atoms with Gasteiger partial charge >= 0.3 is 0 Å². The summed E-state index contributed by atoms with van der Waals surface area (Å²) >= 11 is 0. The number of hydrogen-bond donors (Lipinski definition) is 1. The molecule has 0 aromatic heterocycles. The average Bonchev–Trinajstić information content (AvgIpc) is 2.47. The normalized spacial score (nSPS) is 18.3. The molecule has 1 aliphatic heterocycles. The Labute approximate surface area is 130 Å². The second-order valence-corrected chi connectivity index (χ2v) is 6.61. The van der Waals surface area contributed by atoms with Gasteiger partial charge in [0.2, 0.25) is 0 Å². The van der Waals surface area contributed by atoms with Crippen molar-refractivity contribution in [2.45, 2.75) is 52.6 Å². The SMILES string of the molecule is CCC(N)Cc1ccc(N2CCN(C(C)C)CC2)c(C)c1. The third-order valence-electron chi connectivity index (χ3n) is 4.67. The first-order valence-electron chi connectivity index (χ1n) is 8.35. The minimum atomic E-state index is 0.282. The van der Waals surface area contributed by atoms with Crippen molar-refractivity contribution in [2.24, 2.45) is 5.73 Å². The van der Waals surface area contributed by atoms with Gasteiger partial charge in [0.1, 0.15) is 0 Å². The monoisotopic (exact) mass is 289 g/mol. The molecular formula is C18H31N3. The number of anilines is 1. The molecule has 0 radical (unpaired) electrons. The number of nitrogens with zero attached hydrogens (tertiary/aromatic N) is 2. The summed E-state index contributed by atoms with van der Waals surface area (Å²) < 4.78 is 0. The Bertz CT molecular complexity index is 448. The minimum absolute atomic E-state index is 0.282. The van der Waals surface area contributed by atoms with Crippen molar-refractivity contribution >= 4 is 5.69 Å². The van der Waals surface area contributed by atoms with E-state index in [4.69, 9.17) is 5.73 Å². The van der Waals surface area contributed by atoms with Crippen molar-refractivity contribution in [1.82, 2.24) is 4.90 Å². The smallest absolute Gasteiger partial charge is 0.0397 e. The molecule has 1 fully saturated rings. The maximum Gasteiger partial charge on any atom is 0.0397 e. The van der Waals surface area contributed by atoms with E-state index in [1.54, 1.807) is 0 Å². The van der Waals surface area contributed by atoms with Gasteiger partial charge in [-0.15, -0.1) is 0 Å². The molecule has 1 saturated heterocycles. The third kappa shape index (κ3) is 4.21. The number of nitrogens with two attached hydrogens (primary N) is 1. The summed E-state index contributed by atoms with van der Waals surface area (Å²) in [7, 11) is 0. The summed E-state index contributed by atoms with van der Waals surface area (Å²) in [6.45, 7) is 13.5. The van der Waals surface area contributed by atoms with Gasteiger partial charge in [-0.1, -0.05) is 19.1 Å². The molecule has 1 atom stereocenters. The van der Waals surface area contributed by atoms with Crippen molar-refractivity contribution < 1.29 is 0 Å². The van der Waals surface area contributed by atoms with Gasteiger partial charge in [-0.2, -0.15) is 0 Å². The number of rotatable bonds is 5. The molecule has 0 amide bonds. The zero-order valence-corrected chi connectivity index (χ0v) is 14.1. The molecule has 118 valence electrons. The van der Waals surface area contributed by atoms with E-state index in [1.807, 2.05) is 0 Å². The molecule has 1 aromatic rings. The lowest BCUT2D eigenvalue weighted by molar-refractivity contribution is 0.209. The molecule has 0 bridgehead atoms. The Morgan fingerprint density at radius 3 is 2.33 bits per heavy atom. The molecule has 0 aliphatic carbocycles. The molecule has 1 unspecified atom stereocenters. The van der Waals surface area contributed by atoms with Gasteiger partial charge in [-0.3, -0.25) is 4.90 Å². The van der Waals surface area contributed by atoms with Crippen molar-refractivity contribution in [1.29, 1.82) is 0 Å². The fraction of sp³-hybridized carbons (Fsp3) is 0.667. The lowest BCUT2D eigenvalue weighted by atomic mass is 10.0. The van der Waals surface area contributed by atoms with Crippen molar-refractivity contribution in [3.05, 3.63) is 29.3 Å². The van der Waals surface area contributed by atoms with E-state index in [-0.39, 0.29) is 6.04 Å². The van der Waals surface area contributed by atoms with E-state index < -0.39 is 0 Å². The van der Waals surface area contributed by atoms with Gasteiger partial charge in [0.15, 0.2) is 0 Å². The zero-order valence-electron chi connectivity index (χ0n) is 14.1. The van der Waals surface area contributed by atoms with Gasteiger partial charge in [0.25, 0.3) is 0 Å². The fourth-order valence-corrected chi connectivity index (χ4v) is 3.13. The summed E-state index contributed by atoms with van der Waals surface area (Å²) in [4.78, 5) is 5.08. The third-order valence-corrected chi connectivity index (χ3v) is 4.67. The van der Waals surface area contributed by atoms with Gasteiger partial charge in [-0.25, -0.2) is 0 Å². The van der Waals surface area contributed by atoms with Crippen LogP contribution in [0.3, 0.4) is 0 Å². The van der Waals surface area contributed by atoms with Crippen LogP contribution in [0, 0.1) is 6.92 Å². The molecule has 2 N–H and O–H groups in total. The Morgan fingerprint density at radius 1 is 1.14 bits per heavy atom. The van der Waals surface area contributed by atoms with Crippen LogP contribution in [-0.4, -0.2) is 43.2 Å². The van der Waals surface area contributed by atoms with Crippen LogP contribution in [0.2, 0.25) is 0 Å². The number of piperazine rings is 1. The summed E-state index contributed by atoms with van der Waals surface area (Å²) in [6, 6.07) is 7.81. The summed E-state index contributed by atoms with van der Waals surface area (Å²) in [6.07, 6.45) is 2.02. The highest BCUT2D eigenvalue weighted by atomic mass is 15.3. The Kier molecular flexibility index (Phi) is 5.65. The predicted molar refractivity (Wildman–Crippen MR) is 92.1 cm³/mol. The maximum absolute atomic E-state index is 6.06. The van der Waals surface area contributed by atoms with E-state index in [2.05, 4.69) is 55.7 Å². The second-order valence-electron chi connectivity index (χ2n) is 6.61. The Balaban J connectivity index is 2.01. The number of aryl methyl sites for hydroxylation is 1. The fourth-order valence-electron chi connectivity index (χ4n) is 3.13. The van der Waals surface area contributed by atoms with Crippen LogP contribution >= 0.6 is 0 Å².